The molecule has 0 saturated heterocycles. The van der Waals surface area contributed by atoms with Crippen LogP contribution in [0.1, 0.15) is 32.6 Å². The van der Waals surface area contributed by atoms with Crippen LogP contribution in [-0.2, 0) is 4.79 Å². The molecular weight excluding hydrogens is 230 g/mol. The molecule has 1 aromatic rings. The highest BCUT2D eigenvalue weighted by molar-refractivity contribution is 5.78. The van der Waals surface area contributed by atoms with Crippen LogP contribution < -0.4 is 15.2 Å². The molecule has 0 bridgehead atoms. The Kier molecular flexibility index (Phi) is 4.07. The van der Waals surface area contributed by atoms with Crippen molar-refractivity contribution in [3.63, 3.8) is 0 Å². The molecule has 0 radical (unpaired) electrons. The fourth-order valence-electron chi connectivity index (χ4n) is 2.08. The van der Waals surface area contributed by atoms with Gasteiger partial charge in [0.25, 0.3) is 5.91 Å². The highest BCUT2D eigenvalue weighted by Crippen LogP contribution is 2.26. The molecular formula is C14H19NO3. The van der Waals surface area contributed by atoms with Crippen LogP contribution in [0.15, 0.2) is 24.3 Å². The van der Waals surface area contributed by atoms with Crippen molar-refractivity contribution in [1.82, 2.24) is 0 Å². The molecule has 18 heavy (non-hydrogen) atoms. The average Bonchev–Trinajstić information content (AvgIpc) is 2.82. The van der Waals surface area contributed by atoms with Crippen LogP contribution in [0, 0.1) is 0 Å². The van der Waals surface area contributed by atoms with Crippen LogP contribution in [0.5, 0.6) is 11.5 Å². The van der Waals surface area contributed by atoms with E-state index in [4.69, 9.17) is 15.2 Å². The molecule has 1 aromatic carbocycles. The Morgan fingerprint density at radius 3 is 2.67 bits per heavy atom. The van der Waals surface area contributed by atoms with Crippen molar-refractivity contribution >= 4 is 5.91 Å². The van der Waals surface area contributed by atoms with E-state index in [0.29, 0.717) is 11.9 Å². The van der Waals surface area contributed by atoms with E-state index >= 15 is 0 Å². The summed E-state index contributed by atoms with van der Waals surface area (Å²) < 4.78 is 11.3. The lowest BCUT2D eigenvalue weighted by atomic mass is 10.3. The van der Waals surface area contributed by atoms with E-state index < -0.39 is 12.0 Å². The molecule has 1 aliphatic rings. The van der Waals surface area contributed by atoms with E-state index in [0.717, 1.165) is 18.6 Å². The van der Waals surface area contributed by atoms with Crippen molar-refractivity contribution in [3.8, 4) is 11.5 Å². The van der Waals surface area contributed by atoms with Crippen molar-refractivity contribution in [2.24, 2.45) is 5.73 Å². The number of ether oxygens (including phenoxy) is 2. The van der Waals surface area contributed by atoms with Crippen LogP contribution in [0.3, 0.4) is 0 Å². The van der Waals surface area contributed by atoms with Crippen LogP contribution in [0.4, 0.5) is 0 Å². The molecule has 0 aliphatic heterocycles. The van der Waals surface area contributed by atoms with Crippen LogP contribution in [0.25, 0.3) is 0 Å². The van der Waals surface area contributed by atoms with Gasteiger partial charge in [-0.15, -0.1) is 0 Å². The first-order valence-corrected chi connectivity index (χ1v) is 6.38. The largest absolute Gasteiger partial charge is 0.490 e. The van der Waals surface area contributed by atoms with E-state index in [2.05, 4.69) is 0 Å². The van der Waals surface area contributed by atoms with Gasteiger partial charge in [0.15, 0.2) is 6.10 Å². The fraction of sp³-hybridized carbons (Fsp3) is 0.500. The van der Waals surface area contributed by atoms with E-state index in [-0.39, 0.29) is 0 Å². The van der Waals surface area contributed by atoms with Gasteiger partial charge in [0, 0.05) is 6.07 Å². The topological polar surface area (TPSA) is 61.6 Å². The monoisotopic (exact) mass is 249 g/mol. The van der Waals surface area contributed by atoms with Crippen LogP contribution >= 0.6 is 0 Å². The molecule has 98 valence electrons. The highest BCUT2D eigenvalue weighted by Gasteiger charge is 2.17. The molecule has 4 nitrogen and oxygen atoms in total. The molecule has 2 rings (SSSR count). The van der Waals surface area contributed by atoms with Crippen molar-refractivity contribution in [2.75, 3.05) is 0 Å². The molecule has 1 fully saturated rings. The number of amides is 1. The van der Waals surface area contributed by atoms with E-state index in [9.17, 15) is 4.79 Å². The molecule has 1 amide bonds. The summed E-state index contributed by atoms with van der Waals surface area (Å²) in [5.74, 6) is 0.921. The third-order valence-corrected chi connectivity index (χ3v) is 3.12. The lowest BCUT2D eigenvalue weighted by Crippen LogP contribution is -2.30. The maximum absolute atomic E-state index is 10.9. The quantitative estimate of drug-likeness (QED) is 0.870. The predicted molar refractivity (Wildman–Crippen MR) is 68.6 cm³/mol. The Labute approximate surface area is 107 Å². The Morgan fingerprint density at radius 2 is 2.00 bits per heavy atom. The zero-order chi connectivity index (χ0) is 13.0. The molecule has 4 heteroatoms. The number of carbonyl (C=O) groups excluding carboxylic acids is 1. The molecule has 0 heterocycles. The zero-order valence-electron chi connectivity index (χ0n) is 10.6. The van der Waals surface area contributed by atoms with Gasteiger partial charge in [0.05, 0.1) is 6.10 Å². The van der Waals surface area contributed by atoms with E-state index in [1.807, 2.05) is 12.1 Å². The molecule has 2 N–H and O–H groups in total. The van der Waals surface area contributed by atoms with E-state index in [1.54, 1.807) is 19.1 Å². The summed E-state index contributed by atoms with van der Waals surface area (Å²) in [6.07, 6.45) is 4.38. The van der Waals surface area contributed by atoms with Crippen molar-refractivity contribution in [2.45, 2.75) is 44.8 Å². The van der Waals surface area contributed by atoms with Gasteiger partial charge in [-0.05, 0) is 44.7 Å². The third-order valence-electron chi connectivity index (χ3n) is 3.12. The summed E-state index contributed by atoms with van der Waals surface area (Å²) in [6, 6.07) is 7.35. The normalized spacial score (nSPS) is 17.4. The average molecular weight is 249 g/mol. The lowest BCUT2D eigenvalue weighted by molar-refractivity contribution is -0.123. The van der Waals surface area contributed by atoms with Gasteiger partial charge < -0.3 is 15.2 Å². The number of primary amides is 1. The highest BCUT2D eigenvalue weighted by atomic mass is 16.5. The second kappa shape index (κ2) is 5.76. The van der Waals surface area contributed by atoms with Crippen molar-refractivity contribution in [3.05, 3.63) is 24.3 Å². The Balaban J connectivity index is 1.98. The molecule has 1 atom stereocenters. The number of nitrogens with two attached hydrogens (primary N) is 1. The molecule has 1 saturated carbocycles. The summed E-state index contributed by atoms with van der Waals surface area (Å²) in [6.45, 7) is 1.63. The number of rotatable bonds is 5. The van der Waals surface area contributed by atoms with Crippen LogP contribution in [0.2, 0.25) is 0 Å². The first-order valence-electron chi connectivity index (χ1n) is 6.38. The third kappa shape index (κ3) is 3.39. The summed E-state index contributed by atoms with van der Waals surface area (Å²) in [5.41, 5.74) is 5.16. The number of benzene rings is 1. The summed E-state index contributed by atoms with van der Waals surface area (Å²) in [5, 5.41) is 0. The summed E-state index contributed by atoms with van der Waals surface area (Å²) >= 11 is 0. The van der Waals surface area contributed by atoms with Gasteiger partial charge >= 0.3 is 0 Å². The predicted octanol–water partition coefficient (Wildman–Crippen LogP) is 2.26. The SMILES string of the molecule is CC(Oc1cccc(OC2CCCC2)c1)C(N)=O. The number of hydrogen-bond donors (Lipinski definition) is 1. The van der Waals surface area contributed by atoms with Gasteiger partial charge in [-0.25, -0.2) is 0 Å². The molecule has 0 aromatic heterocycles. The smallest absolute Gasteiger partial charge is 0.258 e. The minimum atomic E-state index is -0.633. The van der Waals surface area contributed by atoms with Gasteiger partial charge in [-0.1, -0.05) is 6.07 Å². The molecule has 0 spiro atoms. The maximum Gasteiger partial charge on any atom is 0.258 e. The number of carbonyl (C=O) groups is 1. The van der Waals surface area contributed by atoms with Gasteiger partial charge in [0.1, 0.15) is 11.5 Å². The van der Waals surface area contributed by atoms with Crippen LogP contribution in [-0.4, -0.2) is 18.1 Å². The van der Waals surface area contributed by atoms with Gasteiger partial charge in [-0.2, -0.15) is 0 Å². The summed E-state index contributed by atoms with van der Waals surface area (Å²) in [4.78, 5) is 10.9. The second-order valence-electron chi connectivity index (χ2n) is 4.66. The Bertz CT molecular complexity index is 413. The molecule has 1 aliphatic carbocycles. The Hall–Kier alpha value is -1.71. The first kappa shape index (κ1) is 12.7. The molecule has 1 unspecified atom stereocenters. The zero-order valence-corrected chi connectivity index (χ0v) is 10.6. The standard InChI is InChI=1S/C14H19NO3/c1-10(14(15)16)17-12-7-4-8-13(9-12)18-11-5-2-3-6-11/h4,7-11H,2-3,5-6H2,1H3,(H2,15,16). The Morgan fingerprint density at radius 1 is 1.33 bits per heavy atom. The lowest BCUT2D eigenvalue weighted by Gasteiger charge is -2.15. The minimum absolute atomic E-state index is 0.314. The fourth-order valence-corrected chi connectivity index (χ4v) is 2.08. The summed E-state index contributed by atoms with van der Waals surface area (Å²) in [7, 11) is 0. The van der Waals surface area contributed by atoms with Gasteiger partial charge in [-0.3, -0.25) is 4.79 Å². The van der Waals surface area contributed by atoms with Gasteiger partial charge in [0.2, 0.25) is 0 Å². The van der Waals surface area contributed by atoms with Crippen molar-refractivity contribution < 1.29 is 14.3 Å². The second-order valence-corrected chi connectivity index (χ2v) is 4.66. The number of hydrogen-bond acceptors (Lipinski definition) is 3. The minimum Gasteiger partial charge on any atom is -0.490 e. The van der Waals surface area contributed by atoms with Crippen molar-refractivity contribution in [1.29, 1.82) is 0 Å². The van der Waals surface area contributed by atoms with E-state index in [1.165, 1.54) is 12.8 Å². The maximum atomic E-state index is 10.9. The first-order chi connectivity index (χ1) is 8.65.